The topological polar surface area (TPSA) is 35.2 Å². The SMILES string of the molecule is NC(CCC1CCCO1)c1cc(C(F)(F)F)ccc1Br. The first-order valence-corrected chi connectivity index (χ1v) is 7.41. The van der Waals surface area contributed by atoms with Crippen molar-refractivity contribution in [1.82, 2.24) is 0 Å². The van der Waals surface area contributed by atoms with Crippen LogP contribution in [0.1, 0.15) is 42.9 Å². The Balaban J connectivity index is 2.05. The summed E-state index contributed by atoms with van der Waals surface area (Å²) in [6, 6.07) is 3.17. The molecule has 0 aliphatic carbocycles. The normalized spacial score (nSPS) is 21.1. The van der Waals surface area contributed by atoms with Crippen molar-refractivity contribution in [2.24, 2.45) is 5.73 Å². The summed E-state index contributed by atoms with van der Waals surface area (Å²) < 4.78 is 44.3. The summed E-state index contributed by atoms with van der Waals surface area (Å²) in [6.07, 6.45) is -0.687. The third-order valence-corrected chi connectivity index (χ3v) is 4.27. The van der Waals surface area contributed by atoms with Crippen molar-refractivity contribution in [2.75, 3.05) is 6.61 Å². The molecule has 6 heteroatoms. The van der Waals surface area contributed by atoms with Crippen molar-refractivity contribution in [3.63, 3.8) is 0 Å². The Labute approximate surface area is 124 Å². The van der Waals surface area contributed by atoms with Gasteiger partial charge in [0, 0.05) is 17.1 Å². The maximum absolute atomic E-state index is 12.7. The molecule has 112 valence electrons. The second-order valence-corrected chi connectivity index (χ2v) is 5.91. The largest absolute Gasteiger partial charge is 0.416 e. The highest BCUT2D eigenvalue weighted by atomic mass is 79.9. The van der Waals surface area contributed by atoms with Crippen molar-refractivity contribution in [2.45, 2.75) is 44.0 Å². The van der Waals surface area contributed by atoms with E-state index in [1.54, 1.807) is 0 Å². The Kier molecular flexibility index (Phi) is 5.09. The quantitative estimate of drug-likeness (QED) is 0.870. The third-order valence-electron chi connectivity index (χ3n) is 3.55. The van der Waals surface area contributed by atoms with Crippen LogP contribution < -0.4 is 5.73 Å². The van der Waals surface area contributed by atoms with E-state index in [0.29, 0.717) is 16.5 Å². The van der Waals surface area contributed by atoms with Crippen LogP contribution in [0.4, 0.5) is 13.2 Å². The molecule has 20 heavy (non-hydrogen) atoms. The van der Waals surface area contributed by atoms with E-state index in [0.717, 1.165) is 38.0 Å². The van der Waals surface area contributed by atoms with E-state index in [4.69, 9.17) is 10.5 Å². The molecule has 1 aliphatic rings. The Bertz CT molecular complexity index is 458. The minimum absolute atomic E-state index is 0.200. The number of alkyl halides is 3. The standard InChI is InChI=1S/C14H17BrF3NO/c15-12-5-3-9(14(16,17)18)8-11(12)13(19)6-4-10-2-1-7-20-10/h3,5,8,10,13H,1-2,4,6-7,19H2. The molecule has 1 saturated heterocycles. The maximum Gasteiger partial charge on any atom is 0.416 e. The van der Waals surface area contributed by atoms with Gasteiger partial charge in [0.15, 0.2) is 0 Å². The lowest BCUT2D eigenvalue weighted by Crippen LogP contribution is -2.16. The predicted molar refractivity (Wildman–Crippen MR) is 74.3 cm³/mol. The van der Waals surface area contributed by atoms with Gasteiger partial charge < -0.3 is 10.5 Å². The first-order chi connectivity index (χ1) is 9.38. The van der Waals surface area contributed by atoms with Crippen LogP contribution in [0.15, 0.2) is 22.7 Å². The number of rotatable bonds is 4. The lowest BCUT2D eigenvalue weighted by molar-refractivity contribution is -0.137. The van der Waals surface area contributed by atoms with Gasteiger partial charge in [0.1, 0.15) is 0 Å². The minimum atomic E-state index is -4.34. The highest BCUT2D eigenvalue weighted by Gasteiger charge is 2.31. The fourth-order valence-corrected chi connectivity index (χ4v) is 2.94. The van der Waals surface area contributed by atoms with Gasteiger partial charge in [-0.15, -0.1) is 0 Å². The van der Waals surface area contributed by atoms with E-state index in [1.807, 2.05) is 0 Å². The van der Waals surface area contributed by atoms with Gasteiger partial charge in [-0.3, -0.25) is 0 Å². The van der Waals surface area contributed by atoms with Gasteiger partial charge in [0.2, 0.25) is 0 Å². The zero-order valence-electron chi connectivity index (χ0n) is 10.9. The van der Waals surface area contributed by atoms with Crippen LogP contribution in [-0.2, 0) is 10.9 Å². The van der Waals surface area contributed by atoms with Crippen molar-refractivity contribution >= 4 is 15.9 Å². The molecule has 2 rings (SSSR count). The molecule has 2 nitrogen and oxygen atoms in total. The Morgan fingerprint density at radius 1 is 1.40 bits per heavy atom. The third kappa shape index (κ3) is 3.96. The fraction of sp³-hybridized carbons (Fsp3) is 0.571. The molecule has 2 N–H and O–H groups in total. The van der Waals surface area contributed by atoms with Crippen LogP contribution in [0.25, 0.3) is 0 Å². The average molecular weight is 352 g/mol. The van der Waals surface area contributed by atoms with E-state index >= 15 is 0 Å². The number of halogens is 4. The summed E-state index contributed by atoms with van der Waals surface area (Å²) >= 11 is 3.27. The lowest BCUT2D eigenvalue weighted by Gasteiger charge is -2.18. The van der Waals surface area contributed by atoms with Gasteiger partial charge in [-0.05, 0) is 49.4 Å². The maximum atomic E-state index is 12.7. The van der Waals surface area contributed by atoms with E-state index in [1.165, 1.54) is 6.07 Å². The minimum Gasteiger partial charge on any atom is -0.378 e. The summed E-state index contributed by atoms with van der Waals surface area (Å²) in [6.45, 7) is 0.771. The van der Waals surface area contributed by atoms with Gasteiger partial charge in [0.25, 0.3) is 0 Å². The van der Waals surface area contributed by atoms with E-state index < -0.39 is 17.8 Å². The molecule has 2 atom stereocenters. The second-order valence-electron chi connectivity index (χ2n) is 5.05. The molecule has 1 aromatic rings. The van der Waals surface area contributed by atoms with Gasteiger partial charge in [-0.1, -0.05) is 15.9 Å². The average Bonchev–Trinajstić information content (AvgIpc) is 2.88. The smallest absolute Gasteiger partial charge is 0.378 e. The molecule has 0 saturated carbocycles. The highest BCUT2D eigenvalue weighted by Crippen LogP contribution is 2.34. The summed E-state index contributed by atoms with van der Waals surface area (Å²) in [4.78, 5) is 0. The Morgan fingerprint density at radius 3 is 2.75 bits per heavy atom. The molecule has 0 amide bonds. The molecule has 1 heterocycles. The summed E-state index contributed by atoms with van der Waals surface area (Å²) in [5.74, 6) is 0. The lowest BCUT2D eigenvalue weighted by atomic mass is 9.98. The second kappa shape index (κ2) is 6.45. The van der Waals surface area contributed by atoms with Gasteiger partial charge in [-0.2, -0.15) is 13.2 Å². The molecular formula is C14H17BrF3NO. The number of benzene rings is 1. The van der Waals surface area contributed by atoms with Gasteiger partial charge >= 0.3 is 6.18 Å². The van der Waals surface area contributed by atoms with E-state index in [2.05, 4.69) is 15.9 Å². The van der Waals surface area contributed by atoms with Crippen LogP contribution in [0, 0.1) is 0 Å². The van der Waals surface area contributed by atoms with Crippen LogP contribution >= 0.6 is 15.9 Å². The number of hydrogen-bond acceptors (Lipinski definition) is 2. The number of hydrogen-bond donors (Lipinski definition) is 1. The summed E-state index contributed by atoms with van der Waals surface area (Å²) in [7, 11) is 0. The van der Waals surface area contributed by atoms with Crippen molar-refractivity contribution in [1.29, 1.82) is 0 Å². The van der Waals surface area contributed by atoms with E-state index in [9.17, 15) is 13.2 Å². The first-order valence-electron chi connectivity index (χ1n) is 6.62. The van der Waals surface area contributed by atoms with E-state index in [-0.39, 0.29) is 6.10 Å². The van der Waals surface area contributed by atoms with Crippen LogP contribution in [0.2, 0.25) is 0 Å². The molecule has 1 aromatic carbocycles. The molecular weight excluding hydrogens is 335 g/mol. The molecule has 1 aliphatic heterocycles. The zero-order chi connectivity index (χ0) is 14.8. The van der Waals surface area contributed by atoms with Gasteiger partial charge in [0.05, 0.1) is 11.7 Å². The molecule has 0 bridgehead atoms. The monoisotopic (exact) mass is 351 g/mol. The molecule has 1 fully saturated rings. The van der Waals surface area contributed by atoms with Crippen molar-refractivity contribution in [3.05, 3.63) is 33.8 Å². The molecule has 0 radical (unpaired) electrons. The number of nitrogens with two attached hydrogens (primary N) is 1. The van der Waals surface area contributed by atoms with Crippen LogP contribution in [0.5, 0.6) is 0 Å². The molecule has 0 spiro atoms. The Morgan fingerprint density at radius 2 is 2.15 bits per heavy atom. The van der Waals surface area contributed by atoms with Crippen molar-refractivity contribution < 1.29 is 17.9 Å². The predicted octanol–water partition coefficient (Wildman–Crippen LogP) is 4.43. The van der Waals surface area contributed by atoms with Crippen molar-refractivity contribution in [3.8, 4) is 0 Å². The zero-order valence-corrected chi connectivity index (χ0v) is 12.5. The van der Waals surface area contributed by atoms with Gasteiger partial charge in [-0.25, -0.2) is 0 Å². The van der Waals surface area contributed by atoms with Crippen LogP contribution in [0.3, 0.4) is 0 Å². The molecule has 0 aromatic heterocycles. The Hall–Kier alpha value is -0.590. The summed E-state index contributed by atoms with van der Waals surface area (Å²) in [5.41, 5.74) is 5.87. The van der Waals surface area contributed by atoms with Crippen LogP contribution in [-0.4, -0.2) is 12.7 Å². The highest BCUT2D eigenvalue weighted by molar-refractivity contribution is 9.10. The first kappa shape index (κ1) is 15.8. The summed E-state index contributed by atoms with van der Waals surface area (Å²) in [5, 5.41) is 0. The molecule has 2 unspecified atom stereocenters. The fourth-order valence-electron chi connectivity index (χ4n) is 2.40. The number of ether oxygens (including phenoxy) is 1.